The number of allylic oxidation sites excluding steroid dienone is 6. The molecule has 1 aliphatic carbocycles. The van der Waals surface area contributed by atoms with Crippen LogP contribution in [-0.2, 0) is 32.7 Å². The first-order chi connectivity index (χ1) is 25.9. The van der Waals surface area contributed by atoms with Gasteiger partial charge < -0.3 is 39.9 Å². The number of carbonyl (C=O) groups excluding carboxylic acids is 2. The zero-order valence-corrected chi connectivity index (χ0v) is 33.7. The van der Waals surface area contributed by atoms with E-state index in [1.54, 1.807) is 0 Å². The van der Waals surface area contributed by atoms with Gasteiger partial charge in [-0.2, -0.15) is 0 Å². The van der Waals surface area contributed by atoms with E-state index in [9.17, 15) is 44.6 Å². The molecule has 314 valence electrons. The van der Waals surface area contributed by atoms with Gasteiger partial charge in [-0.15, -0.1) is 0 Å². The SMILES string of the molecule is CCC/C=C\C/C=C\CCCCCCCC(=O)OC(COC(=O)CCCCCCC/C=C\CCCCC)COP(=O)(O)OC1C(O)C(O)C(O)C(O)C1O. The predicted molar refractivity (Wildman–Crippen MR) is 207 cm³/mol. The molecule has 0 aromatic heterocycles. The Hall–Kier alpha value is -1.93. The van der Waals surface area contributed by atoms with Crippen molar-refractivity contribution in [3.8, 4) is 0 Å². The number of aliphatic hydroxyl groups excluding tert-OH is 5. The van der Waals surface area contributed by atoms with Crippen LogP contribution in [0.15, 0.2) is 36.5 Å². The van der Waals surface area contributed by atoms with Crippen molar-refractivity contribution in [3.05, 3.63) is 36.5 Å². The molecule has 6 N–H and O–H groups in total. The Morgan fingerprint density at radius 2 is 1.04 bits per heavy atom. The van der Waals surface area contributed by atoms with Gasteiger partial charge in [0.05, 0.1) is 6.61 Å². The van der Waals surface area contributed by atoms with Gasteiger partial charge in [-0.3, -0.25) is 18.6 Å². The molecule has 6 unspecified atom stereocenters. The van der Waals surface area contributed by atoms with Crippen molar-refractivity contribution in [2.24, 2.45) is 0 Å². The number of aliphatic hydroxyl groups is 5. The minimum atomic E-state index is -5.11. The van der Waals surface area contributed by atoms with Crippen LogP contribution in [0.5, 0.6) is 0 Å². The standard InChI is InChI=1S/C40H71O13P/c1-3-5-7-9-11-13-15-17-19-21-23-25-27-29-34(42)52-32(30-50-33(41)28-26-24-22-20-18-16-14-12-10-8-6-4-2)31-51-54(48,49)53-40-38(46)36(44)35(43)37(45)39(40)47/h7,9,12-15,32,35-40,43-47H,3-6,8,10-11,16-31H2,1-2H3,(H,48,49)/b9-7-,14-12-,15-13-. The summed E-state index contributed by atoms with van der Waals surface area (Å²) >= 11 is 0. The van der Waals surface area contributed by atoms with Crippen molar-refractivity contribution in [3.63, 3.8) is 0 Å². The maximum Gasteiger partial charge on any atom is 0.472 e. The topological polar surface area (TPSA) is 210 Å². The van der Waals surface area contributed by atoms with E-state index >= 15 is 0 Å². The third-order valence-electron chi connectivity index (χ3n) is 9.18. The van der Waals surface area contributed by atoms with Gasteiger partial charge in [0.1, 0.15) is 43.2 Å². The molecule has 14 heteroatoms. The highest BCUT2D eigenvalue weighted by Crippen LogP contribution is 2.47. The van der Waals surface area contributed by atoms with Crippen LogP contribution in [0, 0.1) is 0 Å². The molecule has 54 heavy (non-hydrogen) atoms. The van der Waals surface area contributed by atoms with E-state index in [2.05, 4.69) is 50.3 Å². The molecule has 0 heterocycles. The fourth-order valence-electron chi connectivity index (χ4n) is 5.85. The summed E-state index contributed by atoms with van der Waals surface area (Å²) in [7, 11) is -5.11. The normalized spacial score (nSPS) is 23.6. The molecule has 0 amide bonds. The van der Waals surface area contributed by atoms with E-state index < -0.39 is 75.7 Å². The fraction of sp³-hybridized carbons (Fsp3) is 0.800. The van der Waals surface area contributed by atoms with Gasteiger partial charge >= 0.3 is 19.8 Å². The Bertz CT molecular complexity index is 1100. The lowest BCUT2D eigenvalue weighted by Crippen LogP contribution is -2.64. The third kappa shape index (κ3) is 23.9. The number of hydrogen-bond donors (Lipinski definition) is 6. The molecule has 0 aliphatic heterocycles. The Balaban J connectivity index is 2.55. The highest BCUT2D eigenvalue weighted by atomic mass is 31.2. The maximum absolute atomic E-state index is 12.7. The Morgan fingerprint density at radius 3 is 1.59 bits per heavy atom. The van der Waals surface area contributed by atoms with Crippen molar-refractivity contribution in [1.29, 1.82) is 0 Å². The number of carbonyl (C=O) groups is 2. The van der Waals surface area contributed by atoms with Crippen molar-refractivity contribution < 1.29 is 63.1 Å². The molecular weight excluding hydrogens is 719 g/mol. The van der Waals surface area contributed by atoms with Crippen LogP contribution in [0.25, 0.3) is 0 Å². The van der Waals surface area contributed by atoms with Crippen LogP contribution in [0.4, 0.5) is 0 Å². The van der Waals surface area contributed by atoms with Crippen LogP contribution in [0.3, 0.4) is 0 Å². The largest absolute Gasteiger partial charge is 0.472 e. The number of esters is 2. The van der Waals surface area contributed by atoms with Crippen LogP contribution in [0.2, 0.25) is 0 Å². The highest BCUT2D eigenvalue weighted by Gasteiger charge is 2.51. The smallest absolute Gasteiger partial charge is 0.462 e. The van der Waals surface area contributed by atoms with E-state index in [4.69, 9.17) is 18.5 Å². The average Bonchev–Trinajstić information content (AvgIpc) is 3.15. The first-order valence-electron chi connectivity index (χ1n) is 20.3. The van der Waals surface area contributed by atoms with E-state index in [0.717, 1.165) is 89.9 Å². The lowest BCUT2D eigenvalue weighted by Gasteiger charge is -2.41. The molecule has 0 aromatic carbocycles. The van der Waals surface area contributed by atoms with Crippen LogP contribution in [-0.4, -0.2) is 98.3 Å². The maximum atomic E-state index is 12.7. The van der Waals surface area contributed by atoms with Crippen LogP contribution >= 0.6 is 7.82 Å². The van der Waals surface area contributed by atoms with Gasteiger partial charge in [0.2, 0.25) is 0 Å². The Kier molecular flexibility index (Phi) is 28.9. The molecule has 0 spiro atoms. The van der Waals surface area contributed by atoms with Gasteiger partial charge in [0, 0.05) is 12.8 Å². The van der Waals surface area contributed by atoms with Crippen LogP contribution < -0.4 is 0 Å². The molecule has 1 saturated carbocycles. The molecular formula is C40H71O13P. The number of phosphoric ester groups is 1. The number of phosphoric acid groups is 1. The molecule has 1 aliphatic rings. The highest BCUT2D eigenvalue weighted by molar-refractivity contribution is 7.47. The number of rotatable bonds is 32. The summed E-state index contributed by atoms with van der Waals surface area (Å²) in [5.41, 5.74) is 0. The van der Waals surface area contributed by atoms with Gasteiger partial charge in [-0.1, -0.05) is 108 Å². The number of ether oxygens (including phenoxy) is 2. The molecule has 0 radical (unpaired) electrons. The second-order valence-corrected chi connectivity index (χ2v) is 15.5. The summed E-state index contributed by atoms with van der Waals surface area (Å²) in [6, 6.07) is 0. The van der Waals surface area contributed by atoms with E-state index in [-0.39, 0.29) is 12.8 Å². The lowest BCUT2D eigenvalue weighted by atomic mass is 9.85. The predicted octanol–water partition coefficient (Wildman–Crippen LogP) is 6.66. The van der Waals surface area contributed by atoms with E-state index in [0.29, 0.717) is 12.8 Å². The number of unbranched alkanes of at least 4 members (excludes halogenated alkanes) is 14. The first kappa shape index (κ1) is 50.1. The zero-order chi connectivity index (χ0) is 40.0. The summed E-state index contributed by atoms with van der Waals surface area (Å²) in [6.45, 7) is 3.15. The van der Waals surface area contributed by atoms with Gasteiger partial charge in [0.25, 0.3) is 0 Å². The molecule has 0 saturated heterocycles. The molecule has 1 fully saturated rings. The monoisotopic (exact) mass is 790 g/mol. The van der Waals surface area contributed by atoms with Gasteiger partial charge in [-0.25, -0.2) is 4.57 Å². The fourth-order valence-corrected chi connectivity index (χ4v) is 6.82. The van der Waals surface area contributed by atoms with E-state index in [1.165, 1.54) is 19.3 Å². The average molecular weight is 791 g/mol. The zero-order valence-electron chi connectivity index (χ0n) is 32.8. The van der Waals surface area contributed by atoms with Gasteiger partial charge in [0.15, 0.2) is 6.10 Å². The summed E-state index contributed by atoms with van der Waals surface area (Å²) < 4.78 is 33.3. The second kappa shape index (κ2) is 31.2. The first-order valence-corrected chi connectivity index (χ1v) is 21.8. The molecule has 1 rings (SSSR count). The molecule has 6 atom stereocenters. The minimum Gasteiger partial charge on any atom is -0.462 e. The van der Waals surface area contributed by atoms with Crippen molar-refractivity contribution in [2.75, 3.05) is 13.2 Å². The number of hydrogen-bond acceptors (Lipinski definition) is 12. The van der Waals surface area contributed by atoms with Gasteiger partial charge in [-0.05, 0) is 64.2 Å². The van der Waals surface area contributed by atoms with Crippen LogP contribution in [0.1, 0.15) is 149 Å². The summed E-state index contributed by atoms with van der Waals surface area (Å²) in [5, 5.41) is 50.0. The van der Waals surface area contributed by atoms with Crippen molar-refractivity contribution >= 4 is 19.8 Å². The van der Waals surface area contributed by atoms with E-state index in [1.807, 2.05) is 0 Å². The Morgan fingerprint density at radius 1 is 0.574 bits per heavy atom. The summed E-state index contributed by atoms with van der Waals surface area (Å²) in [6.07, 6.45) is 19.3. The summed E-state index contributed by atoms with van der Waals surface area (Å²) in [5.74, 6) is -1.13. The lowest BCUT2D eigenvalue weighted by molar-refractivity contribution is -0.220. The summed E-state index contributed by atoms with van der Waals surface area (Å²) in [4.78, 5) is 35.5. The Labute approximate surface area is 323 Å². The second-order valence-electron chi connectivity index (χ2n) is 14.1. The molecule has 0 bridgehead atoms. The molecule has 13 nitrogen and oxygen atoms in total. The van der Waals surface area contributed by atoms with Crippen molar-refractivity contribution in [1.82, 2.24) is 0 Å². The minimum absolute atomic E-state index is 0.0783. The third-order valence-corrected chi connectivity index (χ3v) is 10.2. The quantitative estimate of drug-likeness (QED) is 0.0183. The van der Waals surface area contributed by atoms with Crippen molar-refractivity contribution in [2.45, 2.75) is 191 Å². The molecule has 0 aromatic rings.